The first kappa shape index (κ1) is 48.5. The summed E-state index contributed by atoms with van der Waals surface area (Å²) < 4.78 is 41.7. The Labute approximate surface area is 293 Å². The molecule has 0 aliphatic carbocycles. The van der Waals surface area contributed by atoms with Crippen LogP contribution in [0.3, 0.4) is 0 Å². The van der Waals surface area contributed by atoms with Gasteiger partial charge in [-0.25, -0.2) is 23.1 Å². The number of nitrogens with one attached hydrogen (secondary N) is 1. The zero-order chi connectivity index (χ0) is 30.7. The monoisotopic (exact) mass is 713 g/mol. The molecule has 1 N–H and O–H groups in total. The average molecular weight is 714 g/mol. The minimum atomic E-state index is -3.25. The maximum atomic E-state index is 11.4. The lowest BCUT2D eigenvalue weighted by Gasteiger charge is -2.12. The van der Waals surface area contributed by atoms with Crippen molar-refractivity contribution >= 4 is 49.7 Å². The average Bonchev–Trinajstić information content (AvgIpc) is 3.72. The Morgan fingerprint density at radius 3 is 1.94 bits per heavy atom. The molecule has 4 aromatic rings. The van der Waals surface area contributed by atoms with Gasteiger partial charge in [0.25, 0.3) is 0 Å². The second-order valence-electron chi connectivity index (χ2n) is 10.3. The summed E-state index contributed by atoms with van der Waals surface area (Å²) in [6.07, 6.45) is 0.928. The van der Waals surface area contributed by atoms with Gasteiger partial charge in [0.2, 0.25) is 15.9 Å². The third-order valence-corrected chi connectivity index (χ3v) is 9.37. The van der Waals surface area contributed by atoms with E-state index in [9.17, 15) is 13.2 Å². The first-order valence-electron chi connectivity index (χ1n) is 13.8. The molecule has 47 heavy (non-hydrogen) atoms. The molecule has 1 aliphatic rings. The van der Waals surface area contributed by atoms with Crippen molar-refractivity contribution in [3.63, 3.8) is 0 Å². The Morgan fingerprint density at radius 1 is 0.872 bits per heavy atom. The second-order valence-corrected chi connectivity index (χ2v) is 14.1. The number of carbonyl (C=O) groups is 1. The van der Waals surface area contributed by atoms with Gasteiger partial charge in [-0.15, -0.1) is 22.7 Å². The first-order valence-corrected chi connectivity index (χ1v) is 17.0. The first-order chi connectivity index (χ1) is 20.0. The molecule has 1 atom stereocenters. The molecule has 0 bridgehead atoms. The van der Waals surface area contributed by atoms with Crippen LogP contribution in [0.4, 0.5) is 0 Å². The van der Waals surface area contributed by atoms with E-state index in [1.807, 2.05) is 69.5 Å². The molecule has 1 fully saturated rings. The van der Waals surface area contributed by atoms with Gasteiger partial charge in [-0.05, 0) is 62.7 Å². The number of rotatable bonds is 8. The van der Waals surface area contributed by atoms with Crippen LogP contribution in [0.25, 0.3) is 21.6 Å². The Hall–Kier alpha value is -2.90. The standard InChI is InChI=1S/C15H14N2OS.C8H14O3.C7H11NO2S2.5CH4/c1-10(2)18-15-14(13-8-5-9-19-13)16-11-6-3-4-7-12(11)17-15;1-6(2)8(9)11-7-3-4-10-5-7;1-6(2)8-12(9,10)7-4-3-5-11-7;;;;;/h3-10H,1-2H3;6-7H,3-5H2,1-2H3;3-6,8H,1-2H3;5*1H4/t;7-;;;;;;/m.1....../s1. The minimum absolute atomic E-state index is 0. The number of ether oxygens (including phenoxy) is 3. The van der Waals surface area contributed by atoms with Gasteiger partial charge in [0.15, 0.2) is 0 Å². The van der Waals surface area contributed by atoms with Crippen molar-refractivity contribution in [3.8, 4) is 16.5 Å². The predicted molar refractivity (Wildman–Crippen MR) is 202 cm³/mol. The molecule has 1 aromatic carbocycles. The number of benzene rings is 1. The Kier molecular flexibility index (Phi) is 24.2. The molecule has 0 amide bonds. The molecule has 9 nitrogen and oxygen atoms in total. The molecule has 0 saturated carbocycles. The number of esters is 1. The third kappa shape index (κ3) is 15.7. The number of carbonyl (C=O) groups excluding carboxylic acids is 1. The van der Waals surface area contributed by atoms with Crippen LogP contribution in [0.1, 0.15) is 85.1 Å². The van der Waals surface area contributed by atoms with Crippen molar-refractivity contribution in [1.82, 2.24) is 14.7 Å². The molecular weight excluding hydrogens is 655 g/mol. The predicted octanol–water partition coefficient (Wildman–Crippen LogP) is 9.74. The van der Waals surface area contributed by atoms with Crippen LogP contribution >= 0.6 is 22.7 Å². The number of sulfonamides is 1. The van der Waals surface area contributed by atoms with Crippen molar-refractivity contribution in [2.24, 2.45) is 5.92 Å². The highest BCUT2D eigenvalue weighted by Crippen LogP contribution is 2.32. The van der Waals surface area contributed by atoms with Gasteiger partial charge in [0.05, 0.1) is 41.1 Å². The van der Waals surface area contributed by atoms with E-state index >= 15 is 0 Å². The number of thiophene rings is 2. The fraction of sp³-hybridized carbons (Fsp3) is 0.514. The Bertz CT molecular complexity index is 1480. The number of hydrogen-bond donors (Lipinski definition) is 1. The van der Waals surface area contributed by atoms with Crippen molar-refractivity contribution in [2.75, 3.05) is 13.2 Å². The smallest absolute Gasteiger partial charge is 0.308 e. The third-order valence-electron chi connectivity index (χ3n) is 5.43. The molecule has 0 spiro atoms. The van der Waals surface area contributed by atoms with E-state index < -0.39 is 10.0 Å². The number of hydrogen-bond acceptors (Lipinski definition) is 10. The van der Waals surface area contributed by atoms with Crippen LogP contribution in [-0.4, -0.2) is 55.8 Å². The van der Waals surface area contributed by atoms with Crippen LogP contribution in [0.5, 0.6) is 5.88 Å². The molecule has 1 aliphatic heterocycles. The number of aromatic nitrogens is 2. The van der Waals surface area contributed by atoms with Gasteiger partial charge >= 0.3 is 5.97 Å². The van der Waals surface area contributed by atoms with Gasteiger partial charge in [-0.3, -0.25) is 4.79 Å². The van der Waals surface area contributed by atoms with Gasteiger partial charge in [0, 0.05) is 12.5 Å². The van der Waals surface area contributed by atoms with E-state index in [4.69, 9.17) is 19.2 Å². The van der Waals surface area contributed by atoms with Gasteiger partial charge in [0.1, 0.15) is 16.0 Å². The van der Waals surface area contributed by atoms with Crippen LogP contribution in [0.15, 0.2) is 63.5 Å². The summed E-state index contributed by atoms with van der Waals surface area (Å²) in [4.78, 5) is 21.4. The molecule has 1 saturated heterocycles. The quantitative estimate of drug-likeness (QED) is 0.179. The van der Waals surface area contributed by atoms with Crippen LogP contribution in [0.2, 0.25) is 0 Å². The zero-order valence-corrected chi connectivity index (χ0v) is 27.2. The zero-order valence-electron chi connectivity index (χ0n) is 24.8. The van der Waals surface area contributed by atoms with Gasteiger partial charge in [-0.1, -0.05) is 75.2 Å². The molecular formula is C35H59N3O6S3. The lowest BCUT2D eigenvalue weighted by atomic mass is 10.2. The maximum Gasteiger partial charge on any atom is 0.308 e. The lowest BCUT2D eigenvalue weighted by Crippen LogP contribution is -2.29. The van der Waals surface area contributed by atoms with E-state index in [0.29, 0.717) is 16.7 Å². The summed E-state index contributed by atoms with van der Waals surface area (Å²) in [5.41, 5.74) is 2.57. The number of nitrogens with zero attached hydrogens (tertiary/aromatic N) is 2. The van der Waals surface area contributed by atoms with E-state index in [0.717, 1.165) is 34.6 Å². The van der Waals surface area contributed by atoms with Crippen molar-refractivity contribution in [1.29, 1.82) is 0 Å². The Balaban J connectivity index is -0.000000615. The normalized spacial score (nSPS) is 13.3. The summed E-state index contributed by atoms with van der Waals surface area (Å²) >= 11 is 2.86. The van der Waals surface area contributed by atoms with E-state index in [2.05, 4.69) is 9.71 Å². The maximum absolute atomic E-state index is 11.4. The van der Waals surface area contributed by atoms with E-state index in [1.54, 1.807) is 42.7 Å². The Morgan fingerprint density at radius 2 is 1.47 bits per heavy atom. The number of fused-ring (bicyclic) bond motifs is 1. The summed E-state index contributed by atoms with van der Waals surface area (Å²) in [5, 5.41) is 3.78. The largest absolute Gasteiger partial charge is 0.473 e. The molecule has 12 heteroatoms. The van der Waals surface area contributed by atoms with Crippen LogP contribution in [-0.2, 0) is 24.3 Å². The molecule has 0 radical (unpaired) electrons. The molecule has 3 aromatic heterocycles. The highest BCUT2D eigenvalue weighted by molar-refractivity contribution is 7.91. The molecule has 4 heterocycles. The second kappa shape index (κ2) is 23.4. The van der Waals surface area contributed by atoms with Crippen LogP contribution < -0.4 is 9.46 Å². The fourth-order valence-electron chi connectivity index (χ4n) is 3.55. The lowest BCUT2D eigenvalue weighted by molar-refractivity contribution is -0.152. The highest BCUT2D eigenvalue weighted by atomic mass is 32.2. The SMILES string of the molecule is C.C.C.C.C.CC(C)C(=O)O[C@@H]1CCOC1.CC(C)NS(=O)(=O)c1cccs1.CC(C)Oc1nc2ccccc2nc1-c1cccs1. The van der Waals surface area contributed by atoms with Gasteiger partial charge in [-0.2, -0.15) is 0 Å². The van der Waals surface area contributed by atoms with E-state index in [-0.39, 0.29) is 67.3 Å². The summed E-state index contributed by atoms with van der Waals surface area (Å²) in [7, 11) is -3.25. The van der Waals surface area contributed by atoms with Crippen LogP contribution in [0, 0.1) is 5.92 Å². The van der Waals surface area contributed by atoms with Crippen molar-refractivity contribution in [2.45, 2.75) is 108 Å². The molecule has 0 unspecified atom stereocenters. The molecule has 5 rings (SSSR count). The fourth-order valence-corrected chi connectivity index (χ4v) is 6.52. The van der Waals surface area contributed by atoms with E-state index in [1.165, 1.54) is 11.3 Å². The molecule has 268 valence electrons. The number of para-hydroxylation sites is 2. The summed E-state index contributed by atoms with van der Waals surface area (Å²) in [5.74, 6) is 0.451. The minimum Gasteiger partial charge on any atom is -0.473 e. The summed E-state index contributed by atoms with van der Waals surface area (Å²) in [6, 6.07) is 15.2. The topological polar surface area (TPSA) is 117 Å². The van der Waals surface area contributed by atoms with Gasteiger partial charge < -0.3 is 14.2 Å². The van der Waals surface area contributed by atoms with Crippen molar-refractivity contribution in [3.05, 3.63) is 59.3 Å². The summed E-state index contributed by atoms with van der Waals surface area (Å²) in [6.45, 7) is 12.5. The van der Waals surface area contributed by atoms with Crippen molar-refractivity contribution < 1.29 is 27.4 Å². The highest BCUT2D eigenvalue weighted by Gasteiger charge is 2.21.